The molecule has 80 valence electrons. The molecule has 14 heavy (non-hydrogen) atoms. The Morgan fingerprint density at radius 1 is 1.50 bits per heavy atom. The van der Waals surface area contributed by atoms with Gasteiger partial charge in [-0.3, -0.25) is 4.68 Å². The molecule has 0 amide bonds. The number of aryl methyl sites for hydroxylation is 2. The molecule has 5 heteroatoms. The summed E-state index contributed by atoms with van der Waals surface area (Å²) in [5, 5.41) is 5.10. The second-order valence-corrected chi connectivity index (χ2v) is 5.78. The minimum absolute atomic E-state index is 0.0509. The summed E-state index contributed by atoms with van der Waals surface area (Å²) in [6, 6.07) is 0. The minimum atomic E-state index is 0.0509. The van der Waals surface area contributed by atoms with E-state index in [1.54, 1.807) is 0 Å². The first-order valence-electron chi connectivity index (χ1n) is 4.50. The topological polar surface area (TPSA) is 17.8 Å². The Kier molecular flexibility index (Phi) is 4.74. The highest BCUT2D eigenvalue weighted by Gasteiger charge is 2.08. The summed E-state index contributed by atoms with van der Waals surface area (Å²) in [4.78, 5) is 0. The van der Waals surface area contributed by atoms with Gasteiger partial charge in [0.25, 0.3) is 0 Å². The van der Waals surface area contributed by atoms with Crippen molar-refractivity contribution in [2.75, 3.05) is 0 Å². The maximum Gasteiger partial charge on any atom is 0.0886 e. The van der Waals surface area contributed by atoms with Gasteiger partial charge in [-0.25, -0.2) is 0 Å². The van der Waals surface area contributed by atoms with Crippen LogP contribution in [0.5, 0.6) is 0 Å². The van der Waals surface area contributed by atoms with Crippen LogP contribution >= 0.6 is 39.1 Å². The first-order valence-corrected chi connectivity index (χ1v) is 6.23. The van der Waals surface area contributed by atoms with Gasteiger partial charge in [-0.15, -0.1) is 11.6 Å². The Morgan fingerprint density at radius 2 is 2.14 bits per heavy atom. The first kappa shape index (κ1) is 12.3. The monoisotopic (exact) mass is 298 g/mol. The third-order valence-electron chi connectivity index (χ3n) is 2.09. The van der Waals surface area contributed by atoms with Gasteiger partial charge in [-0.05, 0) is 26.7 Å². The van der Waals surface area contributed by atoms with Crippen molar-refractivity contribution >= 4 is 39.1 Å². The molecule has 0 aliphatic rings. The molecule has 2 nitrogen and oxygen atoms in total. The number of alkyl halides is 2. The molecule has 1 atom stereocenters. The minimum Gasteiger partial charge on any atom is -0.268 e. The molecule has 0 fully saturated rings. The third-order valence-corrected chi connectivity index (χ3v) is 3.31. The lowest BCUT2D eigenvalue weighted by Crippen LogP contribution is -2.03. The van der Waals surface area contributed by atoms with Crippen molar-refractivity contribution in [2.45, 2.75) is 37.5 Å². The Balaban J connectivity index is 2.55. The van der Waals surface area contributed by atoms with Crippen molar-refractivity contribution in [1.82, 2.24) is 9.78 Å². The van der Waals surface area contributed by atoms with Crippen molar-refractivity contribution in [3.05, 3.63) is 16.4 Å². The molecule has 0 N–H and O–H groups in total. The van der Waals surface area contributed by atoms with Crippen LogP contribution in [0, 0.1) is 13.8 Å². The van der Waals surface area contributed by atoms with E-state index < -0.39 is 0 Å². The summed E-state index contributed by atoms with van der Waals surface area (Å²) >= 11 is 15.1. The van der Waals surface area contributed by atoms with Crippen LogP contribution in [0.25, 0.3) is 0 Å². The van der Waals surface area contributed by atoms with Crippen LogP contribution < -0.4 is 0 Å². The first-order chi connectivity index (χ1) is 6.52. The summed E-state index contributed by atoms with van der Waals surface area (Å²) in [7, 11) is 0. The summed E-state index contributed by atoms with van der Waals surface area (Å²) in [5.41, 5.74) is 1.93. The summed E-state index contributed by atoms with van der Waals surface area (Å²) in [6.45, 7) is 4.77. The van der Waals surface area contributed by atoms with E-state index in [9.17, 15) is 0 Å². The van der Waals surface area contributed by atoms with Crippen LogP contribution in [0.15, 0.2) is 0 Å². The van der Waals surface area contributed by atoms with Gasteiger partial charge in [0, 0.05) is 6.54 Å². The van der Waals surface area contributed by atoms with Gasteiger partial charge in [0.1, 0.15) is 0 Å². The normalized spacial score (nSPS) is 13.2. The van der Waals surface area contributed by atoms with Crippen molar-refractivity contribution < 1.29 is 0 Å². The highest BCUT2D eigenvalue weighted by Crippen LogP contribution is 2.20. The molecule has 1 heterocycles. The van der Waals surface area contributed by atoms with Crippen LogP contribution in [-0.2, 0) is 6.54 Å². The molecular weight excluding hydrogens is 287 g/mol. The standard InChI is InChI=1S/C9H13BrCl2N2/c1-6-9(12)7(2)14(13-6)5-3-4-8(10)11/h8H,3-5H2,1-2H3. The number of hydrogen-bond donors (Lipinski definition) is 0. The Hall–Kier alpha value is 0.270. The molecule has 1 unspecified atom stereocenters. The number of rotatable bonds is 4. The van der Waals surface area contributed by atoms with Gasteiger partial charge in [0.2, 0.25) is 0 Å². The van der Waals surface area contributed by atoms with Crippen molar-refractivity contribution in [2.24, 2.45) is 0 Å². The second-order valence-electron chi connectivity index (χ2n) is 3.24. The van der Waals surface area contributed by atoms with E-state index in [0.717, 1.165) is 35.8 Å². The van der Waals surface area contributed by atoms with E-state index in [2.05, 4.69) is 21.0 Å². The molecule has 1 rings (SSSR count). The molecule has 0 saturated heterocycles. The van der Waals surface area contributed by atoms with Gasteiger partial charge < -0.3 is 0 Å². The van der Waals surface area contributed by atoms with Crippen molar-refractivity contribution in [1.29, 1.82) is 0 Å². The van der Waals surface area contributed by atoms with Gasteiger partial charge >= 0.3 is 0 Å². The van der Waals surface area contributed by atoms with Gasteiger partial charge in [0.05, 0.1) is 20.7 Å². The summed E-state index contributed by atoms with van der Waals surface area (Å²) < 4.78 is 1.99. The molecule has 1 aromatic heterocycles. The lowest BCUT2D eigenvalue weighted by atomic mass is 10.3. The smallest absolute Gasteiger partial charge is 0.0886 e. The summed E-state index contributed by atoms with van der Waals surface area (Å²) in [6.07, 6.45) is 1.93. The van der Waals surface area contributed by atoms with E-state index in [1.807, 2.05) is 18.5 Å². The number of nitrogens with zero attached hydrogens (tertiary/aromatic N) is 2. The average molecular weight is 300 g/mol. The van der Waals surface area contributed by atoms with Gasteiger partial charge in [-0.1, -0.05) is 27.5 Å². The Morgan fingerprint density at radius 3 is 2.57 bits per heavy atom. The molecule has 0 aliphatic heterocycles. The molecule has 0 aliphatic carbocycles. The number of hydrogen-bond acceptors (Lipinski definition) is 1. The zero-order valence-electron chi connectivity index (χ0n) is 8.23. The van der Waals surface area contributed by atoms with E-state index >= 15 is 0 Å². The van der Waals surface area contributed by atoms with Crippen LogP contribution in [0.4, 0.5) is 0 Å². The zero-order chi connectivity index (χ0) is 10.7. The molecule has 0 spiro atoms. The van der Waals surface area contributed by atoms with Gasteiger partial charge in [0.15, 0.2) is 0 Å². The number of aromatic nitrogens is 2. The lowest BCUT2D eigenvalue weighted by Gasteiger charge is -2.04. The SMILES string of the molecule is Cc1nn(CCCC(Cl)Br)c(C)c1Cl. The number of halogens is 3. The maximum absolute atomic E-state index is 6.02. The van der Waals surface area contributed by atoms with Crippen LogP contribution in [0.1, 0.15) is 24.2 Å². The second kappa shape index (κ2) is 5.38. The fraction of sp³-hybridized carbons (Fsp3) is 0.667. The van der Waals surface area contributed by atoms with E-state index in [0.29, 0.717) is 0 Å². The van der Waals surface area contributed by atoms with Crippen molar-refractivity contribution in [3.63, 3.8) is 0 Å². The fourth-order valence-corrected chi connectivity index (χ4v) is 1.90. The highest BCUT2D eigenvalue weighted by molar-refractivity contribution is 9.10. The third kappa shape index (κ3) is 3.14. The largest absolute Gasteiger partial charge is 0.268 e. The quantitative estimate of drug-likeness (QED) is 0.771. The Bertz CT molecular complexity index is 310. The predicted molar refractivity (Wildman–Crippen MR) is 64.5 cm³/mol. The maximum atomic E-state index is 6.02. The van der Waals surface area contributed by atoms with E-state index in [4.69, 9.17) is 23.2 Å². The van der Waals surface area contributed by atoms with E-state index in [-0.39, 0.29) is 4.29 Å². The van der Waals surface area contributed by atoms with Crippen LogP contribution in [0.3, 0.4) is 0 Å². The van der Waals surface area contributed by atoms with Crippen molar-refractivity contribution in [3.8, 4) is 0 Å². The predicted octanol–water partition coefficient (Wildman–Crippen LogP) is 3.89. The van der Waals surface area contributed by atoms with Crippen LogP contribution in [-0.4, -0.2) is 14.1 Å². The Labute approximate surface area is 103 Å². The zero-order valence-corrected chi connectivity index (χ0v) is 11.3. The molecule has 0 saturated carbocycles. The van der Waals surface area contributed by atoms with Gasteiger partial charge in [-0.2, -0.15) is 5.10 Å². The summed E-state index contributed by atoms with van der Waals surface area (Å²) in [5.74, 6) is 0. The fourth-order valence-electron chi connectivity index (χ4n) is 1.29. The molecule has 0 aromatic carbocycles. The lowest BCUT2D eigenvalue weighted by molar-refractivity contribution is 0.554. The highest BCUT2D eigenvalue weighted by atomic mass is 79.9. The molecule has 1 aromatic rings. The average Bonchev–Trinajstić information content (AvgIpc) is 2.33. The molecule has 0 radical (unpaired) electrons. The van der Waals surface area contributed by atoms with Crippen LogP contribution in [0.2, 0.25) is 5.02 Å². The molecular formula is C9H13BrCl2N2. The molecule has 0 bridgehead atoms. The van der Waals surface area contributed by atoms with E-state index in [1.165, 1.54) is 0 Å².